The zero-order chi connectivity index (χ0) is 44.6. The summed E-state index contributed by atoms with van der Waals surface area (Å²) in [5, 5.41) is 24.1. The molecule has 0 spiro atoms. The molecule has 4 aromatic carbocycles. The molecule has 0 aliphatic heterocycles. The van der Waals surface area contributed by atoms with Crippen molar-refractivity contribution >= 4 is 77.6 Å². The average molecular weight is 869 g/mol. The smallest absolute Gasteiger partial charge is 0.335 e. The Morgan fingerprint density at radius 3 is 1.21 bits per heavy atom. The number of rotatable bonds is 14. The minimum Gasteiger partial charge on any atom is -0.478 e. The van der Waals surface area contributed by atoms with Crippen LogP contribution >= 0.6 is 0 Å². The number of aromatic nitrogens is 4. The van der Waals surface area contributed by atoms with E-state index in [0.717, 1.165) is 5.69 Å². The number of hydrogen-bond acceptors (Lipinski definition) is 15. The Balaban J connectivity index is 0.000000253. The second kappa shape index (κ2) is 21.9. The van der Waals surface area contributed by atoms with Gasteiger partial charge in [0.05, 0.1) is 26.9 Å². The number of carbonyl (C=O) groups excluding carboxylic acids is 1. The third-order valence-corrected chi connectivity index (χ3v) is 11.7. The fourth-order valence-electron chi connectivity index (χ4n) is 5.10. The van der Waals surface area contributed by atoms with Crippen molar-refractivity contribution in [3.05, 3.63) is 133 Å². The molecule has 6 aromatic rings. The molecule has 0 aliphatic rings. The van der Waals surface area contributed by atoms with E-state index in [1.165, 1.54) is 29.7 Å². The number of sulfone groups is 2. The highest BCUT2D eigenvalue weighted by molar-refractivity contribution is 7.91. The van der Waals surface area contributed by atoms with Crippen LogP contribution in [0.15, 0.2) is 132 Å². The van der Waals surface area contributed by atoms with E-state index < -0.39 is 25.6 Å². The van der Waals surface area contributed by atoms with Gasteiger partial charge in [-0.2, -0.15) is 0 Å². The van der Waals surface area contributed by atoms with E-state index in [4.69, 9.17) is 5.11 Å². The van der Waals surface area contributed by atoms with Gasteiger partial charge < -0.3 is 36.6 Å². The van der Waals surface area contributed by atoms with E-state index in [2.05, 4.69) is 46.5 Å². The first-order chi connectivity index (χ1) is 29.1. The lowest BCUT2D eigenvalue weighted by molar-refractivity contribution is 0.0696. The van der Waals surface area contributed by atoms with Crippen LogP contribution in [-0.2, 0) is 19.7 Å². The van der Waals surface area contributed by atoms with Crippen molar-refractivity contribution in [3.63, 3.8) is 0 Å². The average Bonchev–Trinajstić information content (AvgIpc) is 3.25. The van der Waals surface area contributed by atoms with Gasteiger partial charge in [0.2, 0.25) is 0 Å². The Kier molecular flexibility index (Phi) is 16.8. The van der Waals surface area contributed by atoms with Crippen molar-refractivity contribution in [1.29, 1.82) is 0 Å². The van der Waals surface area contributed by atoms with Gasteiger partial charge in [0, 0.05) is 54.5 Å². The summed E-state index contributed by atoms with van der Waals surface area (Å²) in [5.74, 6) is 1.04. The first kappa shape index (κ1) is 46.7. The maximum absolute atomic E-state index is 12.1. The van der Waals surface area contributed by atoms with Gasteiger partial charge in [-0.1, -0.05) is 26.0 Å². The largest absolute Gasteiger partial charge is 0.478 e. The minimum atomic E-state index is -3.30. The number of carboxylic acid groups (broad SMARTS) is 1. The molecular weight excluding hydrogens is 821 g/mol. The van der Waals surface area contributed by atoms with Gasteiger partial charge >= 0.3 is 5.97 Å². The molecule has 320 valence electrons. The molecule has 0 atom stereocenters. The summed E-state index contributed by atoms with van der Waals surface area (Å²) >= 11 is 0. The molecule has 6 N–H and O–H groups in total. The number of carbonyl (C=O) groups is 2. The monoisotopic (exact) mass is 868 g/mol. The Bertz CT molecular complexity index is 2630. The number of anilines is 8. The molecule has 61 heavy (non-hydrogen) atoms. The van der Waals surface area contributed by atoms with Crippen molar-refractivity contribution in [2.24, 2.45) is 0 Å². The lowest BCUT2D eigenvalue weighted by atomic mass is 10.2. The quantitative estimate of drug-likeness (QED) is 0.0664. The molecule has 17 nitrogen and oxygen atoms in total. The number of aromatic carboxylic acids is 1. The Hall–Kier alpha value is -6.96. The summed E-state index contributed by atoms with van der Waals surface area (Å²) in [7, 11) is 0.574. The fourth-order valence-corrected chi connectivity index (χ4v) is 6.95. The predicted octanol–water partition coefficient (Wildman–Crippen LogP) is 6.75. The van der Waals surface area contributed by atoms with E-state index in [-0.39, 0.29) is 32.8 Å². The number of nitrogens with zero attached hydrogens (tertiary/aromatic N) is 5. The van der Waals surface area contributed by atoms with Gasteiger partial charge in [-0.3, -0.25) is 4.79 Å². The van der Waals surface area contributed by atoms with Crippen LogP contribution in [0.4, 0.5) is 46.0 Å². The Morgan fingerprint density at radius 1 is 0.541 bits per heavy atom. The number of hydrogen-bond donors (Lipinski definition) is 6. The van der Waals surface area contributed by atoms with Crippen LogP contribution in [0.5, 0.6) is 0 Å². The Morgan fingerprint density at radius 2 is 0.885 bits per heavy atom. The molecule has 0 bridgehead atoms. The maximum Gasteiger partial charge on any atom is 0.335 e. The summed E-state index contributed by atoms with van der Waals surface area (Å²) in [6.07, 6.45) is 2.77. The zero-order valence-electron chi connectivity index (χ0n) is 34.4. The molecule has 0 saturated carbocycles. The predicted molar refractivity (Wildman–Crippen MR) is 238 cm³/mol. The molecule has 2 heterocycles. The molecule has 1 amide bonds. The number of nitrogens with one attached hydrogen (secondary N) is 5. The summed E-state index contributed by atoms with van der Waals surface area (Å²) in [4.78, 5) is 41.6. The Labute approximate surface area is 355 Å². The zero-order valence-corrected chi connectivity index (χ0v) is 36.0. The summed E-state index contributed by atoms with van der Waals surface area (Å²) in [5.41, 5.74) is 3.43. The highest BCUT2D eigenvalue weighted by Gasteiger charge is 2.14. The van der Waals surface area contributed by atoms with Gasteiger partial charge in [-0.25, -0.2) is 41.6 Å². The summed E-state index contributed by atoms with van der Waals surface area (Å²) in [6.45, 7) is 3.21. The highest BCUT2D eigenvalue weighted by atomic mass is 32.2. The van der Waals surface area contributed by atoms with Crippen molar-refractivity contribution in [1.82, 2.24) is 30.2 Å². The highest BCUT2D eigenvalue weighted by Crippen LogP contribution is 2.24. The van der Waals surface area contributed by atoms with E-state index in [0.29, 0.717) is 45.9 Å². The first-order valence-electron chi connectivity index (χ1n) is 18.7. The number of benzene rings is 4. The molecule has 0 fully saturated rings. The van der Waals surface area contributed by atoms with E-state index >= 15 is 0 Å². The second-order valence-electron chi connectivity index (χ2n) is 13.1. The van der Waals surface area contributed by atoms with Gasteiger partial charge in [-0.15, -0.1) is 0 Å². The minimum absolute atomic E-state index is 0.0265. The van der Waals surface area contributed by atoms with Crippen LogP contribution in [0, 0.1) is 0 Å². The number of amides is 1. The summed E-state index contributed by atoms with van der Waals surface area (Å²) in [6, 6.07) is 29.8. The SMILES string of the molecule is CCS(=O)(=O)c1cccc(Nc2cc(Nc3ccc(C(=O)N(C)C)cc3)ncn2)c1.CCS(=O)(=O)c1cccc(Nc2cc(Nc3ccc(C(=O)O)cc3)ncn2)c1.CNC. The van der Waals surface area contributed by atoms with Crippen LogP contribution in [0.2, 0.25) is 0 Å². The third kappa shape index (κ3) is 14.1. The molecular formula is C42H48N10O7S2. The van der Waals surface area contributed by atoms with Crippen LogP contribution in [-0.4, -0.2) is 98.4 Å². The van der Waals surface area contributed by atoms with Crippen molar-refractivity contribution < 1.29 is 31.5 Å². The van der Waals surface area contributed by atoms with Gasteiger partial charge in [-0.05, 0) is 99.0 Å². The molecule has 19 heteroatoms. The lowest BCUT2D eigenvalue weighted by Crippen LogP contribution is -2.21. The fraction of sp³-hybridized carbons (Fsp3) is 0.190. The van der Waals surface area contributed by atoms with E-state index in [1.54, 1.807) is 125 Å². The molecule has 0 radical (unpaired) electrons. The van der Waals surface area contributed by atoms with Crippen molar-refractivity contribution in [2.75, 3.05) is 61.0 Å². The standard InChI is InChI=1S/C21H23N5O3S.C19H18N4O4S.C2H7N/c1-4-30(28,29)18-7-5-6-17(12-18)25-20-13-19(22-14-23-20)24-16-10-8-15(9-11-16)21(27)26(2)3;1-2-28(26,27)16-5-3-4-15(10-16)23-18-11-17(20-12-21-18)22-14-8-6-13(7-9-14)19(24)25;1-3-2/h5-14H,4H2,1-3H3,(H2,22,23,24,25);3-12H,2H2,1H3,(H,24,25)(H2,20,21,22,23);3H,1-2H3. The van der Waals surface area contributed by atoms with E-state index in [1.807, 2.05) is 14.1 Å². The second-order valence-corrected chi connectivity index (χ2v) is 17.7. The van der Waals surface area contributed by atoms with Crippen LogP contribution in [0.25, 0.3) is 0 Å². The first-order valence-corrected chi connectivity index (χ1v) is 22.0. The molecule has 0 aliphatic carbocycles. The molecule has 6 rings (SSSR count). The third-order valence-electron chi connectivity index (χ3n) is 8.24. The van der Waals surface area contributed by atoms with Crippen LogP contribution in [0.1, 0.15) is 34.6 Å². The van der Waals surface area contributed by atoms with Crippen LogP contribution < -0.4 is 26.6 Å². The summed E-state index contributed by atoms with van der Waals surface area (Å²) < 4.78 is 48.2. The van der Waals surface area contributed by atoms with Gasteiger partial charge in [0.15, 0.2) is 19.7 Å². The molecule has 0 saturated heterocycles. The van der Waals surface area contributed by atoms with Crippen molar-refractivity contribution in [2.45, 2.75) is 23.6 Å². The molecule has 0 unspecified atom stereocenters. The topological polar surface area (TPSA) is 238 Å². The lowest BCUT2D eigenvalue weighted by Gasteiger charge is -2.12. The van der Waals surface area contributed by atoms with Crippen LogP contribution in [0.3, 0.4) is 0 Å². The number of carboxylic acids is 1. The normalized spacial score (nSPS) is 10.8. The molecule has 2 aromatic heterocycles. The van der Waals surface area contributed by atoms with Gasteiger partial charge in [0.25, 0.3) is 5.91 Å². The maximum atomic E-state index is 12.1. The van der Waals surface area contributed by atoms with E-state index in [9.17, 15) is 26.4 Å². The van der Waals surface area contributed by atoms with Gasteiger partial charge in [0.1, 0.15) is 35.9 Å². The van der Waals surface area contributed by atoms with Crippen molar-refractivity contribution in [3.8, 4) is 0 Å².